The van der Waals surface area contributed by atoms with Crippen LogP contribution in [-0.4, -0.2) is 20.9 Å². The third-order valence-electron chi connectivity index (χ3n) is 4.60. The number of fused-ring (bicyclic) bond motifs is 2. The van der Waals surface area contributed by atoms with E-state index in [2.05, 4.69) is 10.1 Å². The number of alkyl halides is 2. The Labute approximate surface area is 136 Å². The molecule has 3 nitrogen and oxygen atoms in total. The molecule has 0 bridgehead atoms. The molecule has 0 N–H and O–H groups in total. The normalized spacial score (nSPS) is 22.9. The fourth-order valence-corrected chi connectivity index (χ4v) is 3.89. The Kier molecular flexibility index (Phi) is 2.97. The predicted octanol–water partition coefficient (Wildman–Crippen LogP) is 4.51. The molecule has 4 rings (SSSR count). The average Bonchev–Trinajstić information content (AvgIpc) is 3.19. The van der Waals surface area contributed by atoms with Gasteiger partial charge < -0.3 is 0 Å². The van der Waals surface area contributed by atoms with Gasteiger partial charge in [-0.25, -0.2) is 4.52 Å². The van der Waals surface area contributed by atoms with Gasteiger partial charge in [-0.3, -0.25) is 4.99 Å². The largest absolute Gasteiger partial charge is 0.299 e. The third-order valence-corrected chi connectivity index (χ3v) is 5.52. The lowest BCUT2D eigenvalue weighted by Crippen LogP contribution is -2.45. The van der Waals surface area contributed by atoms with Crippen molar-refractivity contribution in [2.24, 2.45) is 4.99 Å². The van der Waals surface area contributed by atoms with Gasteiger partial charge in [0, 0.05) is 17.3 Å². The minimum atomic E-state index is -2.97. The molecule has 4 heterocycles. The van der Waals surface area contributed by atoms with Crippen LogP contribution in [0, 0.1) is 0 Å². The molecule has 0 fully saturated rings. The summed E-state index contributed by atoms with van der Waals surface area (Å²) in [6, 6.07) is 7.29. The molecule has 118 valence electrons. The molecule has 0 aromatic carbocycles. The van der Waals surface area contributed by atoms with E-state index in [1.807, 2.05) is 24.4 Å². The second-order valence-corrected chi connectivity index (χ2v) is 6.86. The Morgan fingerprint density at radius 1 is 1.30 bits per heavy atom. The van der Waals surface area contributed by atoms with Crippen molar-refractivity contribution in [2.45, 2.75) is 31.7 Å². The van der Waals surface area contributed by atoms with E-state index in [-0.39, 0.29) is 12.0 Å². The maximum Gasteiger partial charge on any atom is 0.299 e. The number of rotatable bonds is 2. The van der Waals surface area contributed by atoms with E-state index in [0.29, 0.717) is 10.6 Å². The fourth-order valence-electron chi connectivity index (χ4n) is 2.95. The Balaban J connectivity index is 1.96. The maximum atomic E-state index is 14.9. The molecular weight excluding hydrogens is 316 g/mol. The van der Waals surface area contributed by atoms with Crippen LogP contribution in [0.5, 0.6) is 0 Å². The van der Waals surface area contributed by atoms with E-state index < -0.39 is 11.5 Å². The lowest BCUT2D eigenvalue weighted by atomic mass is 9.82. The molecule has 0 aliphatic carbocycles. The Morgan fingerprint density at radius 3 is 2.91 bits per heavy atom. The zero-order valence-corrected chi connectivity index (χ0v) is 13.6. The number of thiophene rings is 1. The zero-order chi connectivity index (χ0) is 16.2. The highest BCUT2D eigenvalue weighted by Crippen LogP contribution is 2.49. The molecule has 0 radical (unpaired) electrons. The number of nitrogens with zero attached hydrogens (tertiary/aromatic N) is 3. The molecule has 23 heavy (non-hydrogen) atoms. The highest BCUT2D eigenvalue weighted by Gasteiger charge is 2.55. The molecule has 1 atom stereocenters. The van der Waals surface area contributed by atoms with Crippen LogP contribution in [0.15, 0.2) is 47.0 Å². The molecule has 1 unspecified atom stereocenters. The maximum absolute atomic E-state index is 14.9. The van der Waals surface area contributed by atoms with E-state index in [0.717, 1.165) is 11.1 Å². The lowest BCUT2D eigenvalue weighted by Gasteiger charge is -2.37. The highest BCUT2D eigenvalue weighted by molar-refractivity contribution is 7.12. The van der Waals surface area contributed by atoms with Crippen LogP contribution < -0.4 is 0 Å². The van der Waals surface area contributed by atoms with Gasteiger partial charge in [0.05, 0.1) is 22.3 Å². The van der Waals surface area contributed by atoms with Crippen LogP contribution in [-0.2, 0) is 5.92 Å². The number of hydrogen-bond donors (Lipinski definition) is 0. The number of halogens is 2. The minimum Gasteiger partial charge on any atom is -0.270 e. The summed E-state index contributed by atoms with van der Waals surface area (Å²) in [6.45, 7) is 3.28. The van der Waals surface area contributed by atoms with Gasteiger partial charge >= 0.3 is 0 Å². The SMILES string of the molecule is CCC1(C)N=C(c2cnn3cccc3c2)c2sccc2C1(F)F. The molecule has 0 amide bonds. The fraction of sp³-hybridized carbons (Fsp3) is 0.294. The standard InChI is InChI=1S/C17H15F2N3S/c1-3-16(2)17(18,19)13-6-8-23-15(13)14(21-16)11-9-12-5-4-7-22(12)20-10-11/h4-10H,3H2,1-2H3. The summed E-state index contributed by atoms with van der Waals surface area (Å²) < 4.78 is 31.4. The summed E-state index contributed by atoms with van der Waals surface area (Å²) in [7, 11) is 0. The van der Waals surface area contributed by atoms with Gasteiger partial charge in [-0.1, -0.05) is 6.92 Å². The van der Waals surface area contributed by atoms with Gasteiger partial charge in [0.2, 0.25) is 0 Å². The van der Waals surface area contributed by atoms with Crippen LogP contribution in [0.3, 0.4) is 0 Å². The van der Waals surface area contributed by atoms with Crippen molar-refractivity contribution < 1.29 is 8.78 Å². The Hall–Kier alpha value is -2.08. The smallest absolute Gasteiger partial charge is 0.270 e. The third kappa shape index (κ3) is 1.91. The molecule has 0 saturated heterocycles. The summed E-state index contributed by atoms with van der Waals surface area (Å²) >= 11 is 1.30. The van der Waals surface area contributed by atoms with Crippen LogP contribution >= 0.6 is 11.3 Å². The van der Waals surface area contributed by atoms with E-state index in [9.17, 15) is 8.78 Å². The van der Waals surface area contributed by atoms with Crippen molar-refractivity contribution in [1.82, 2.24) is 9.61 Å². The van der Waals surface area contributed by atoms with Crippen molar-refractivity contribution in [3.8, 4) is 0 Å². The monoisotopic (exact) mass is 331 g/mol. The molecule has 3 aromatic heterocycles. The second kappa shape index (κ2) is 4.71. The predicted molar refractivity (Wildman–Crippen MR) is 87.7 cm³/mol. The van der Waals surface area contributed by atoms with Crippen molar-refractivity contribution >= 4 is 22.6 Å². The highest BCUT2D eigenvalue weighted by atomic mass is 32.1. The molecule has 3 aromatic rings. The first-order valence-corrected chi connectivity index (χ1v) is 8.34. The van der Waals surface area contributed by atoms with E-state index >= 15 is 0 Å². The van der Waals surface area contributed by atoms with Gasteiger partial charge in [0.1, 0.15) is 5.54 Å². The van der Waals surface area contributed by atoms with Gasteiger partial charge in [-0.15, -0.1) is 11.3 Å². The van der Waals surface area contributed by atoms with E-state index in [1.165, 1.54) is 24.3 Å². The van der Waals surface area contributed by atoms with Crippen molar-refractivity contribution in [3.05, 3.63) is 58.0 Å². The molecule has 6 heteroatoms. The van der Waals surface area contributed by atoms with Crippen LogP contribution in [0.4, 0.5) is 8.78 Å². The van der Waals surface area contributed by atoms with Gasteiger partial charge in [0.15, 0.2) is 0 Å². The first-order chi connectivity index (χ1) is 11.0. The molecular formula is C17H15F2N3S. The van der Waals surface area contributed by atoms with Gasteiger partial charge in [-0.05, 0) is 43.0 Å². The second-order valence-electron chi connectivity index (χ2n) is 5.95. The van der Waals surface area contributed by atoms with Crippen LogP contribution in [0.2, 0.25) is 0 Å². The summed E-state index contributed by atoms with van der Waals surface area (Å²) in [5.41, 5.74) is 0.937. The van der Waals surface area contributed by atoms with Crippen LogP contribution in [0.25, 0.3) is 5.52 Å². The Bertz CT molecular complexity index is 925. The van der Waals surface area contributed by atoms with E-state index in [1.54, 1.807) is 23.0 Å². The van der Waals surface area contributed by atoms with Crippen molar-refractivity contribution in [3.63, 3.8) is 0 Å². The van der Waals surface area contributed by atoms with Crippen molar-refractivity contribution in [2.75, 3.05) is 0 Å². The quantitative estimate of drug-likeness (QED) is 0.679. The van der Waals surface area contributed by atoms with Gasteiger partial charge in [-0.2, -0.15) is 13.9 Å². The summed E-state index contributed by atoms with van der Waals surface area (Å²) in [4.78, 5) is 5.03. The number of hydrogen-bond acceptors (Lipinski definition) is 3. The Morgan fingerprint density at radius 2 is 2.13 bits per heavy atom. The molecule has 0 saturated carbocycles. The summed E-state index contributed by atoms with van der Waals surface area (Å²) in [5.74, 6) is -2.97. The average molecular weight is 331 g/mol. The first-order valence-electron chi connectivity index (χ1n) is 7.46. The van der Waals surface area contributed by atoms with E-state index in [4.69, 9.17) is 0 Å². The first kappa shape index (κ1) is 14.5. The number of aromatic nitrogens is 2. The summed E-state index contributed by atoms with van der Waals surface area (Å²) in [5, 5.41) is 6.04. The molecule has 1 aliphatic heterocycles. The van der Waals surface area contributed by atoms with Crippen molar-refractivity contribution in [1.29, 1.82) is 0 Å². The minimum absolute atomic E-state index is 0.0760. The van der Waals surface area contributed by atoms with Crippen LogP contribution in [0.1, 0.15) is 36.3 Å². The summed E-state index contributed by atoms with van der Waals surface area (Å²) in [6.07, 6.45) is 3.80. The number of aliphatic imine (C=N–C) groups is 1. The molecule has 0 spiro atoms. The lowest BCUT2D eigenvalue weighted by molar-refractivity contribution is -0.0764. The topological polar surface area (TPSA) is 29.7 Å². The zero-order valence-electron chi connectivity index (χ0n) is 12.8. The molecule has 1 aliphatic rings. The van der Waals surface area contributed by atoms with Gasteiger partial charge in [0.25, 0.3) is 5.92 Å².